The topological polar surface area (TPSA) is 57.6 Å². The predicted molar refractivity (Wildman–Crippen MR) is 136 cm³/mol. The molecule has 2 heterocycles. The molecule has 2 fully saturated rings. The minimum Gasteiger partial charge on any atom is -0.335 e. The van der Waals surface area contributed by atoms with Crippen molar-refractivity contribution in [3.8, 4) is 0 Å². The van der Waals surface area contributed by atoms with Gasteiger partial charge in [0.1, 0.15) is 0 Å². The number of aromatic nitrogens is 1. The Balaban J connectivity index is 1.18. The summed E-state index contributed by atoms with van der Waals surface area (Å²) in [6.45, 7) is 5.60. The van der Waals surface area contributed by atoms with E-state index in [1.165, 1.54) is 43.2 Å². The lowest BCUT2D eigenvalue weighted by Gasteiger charge is -2.58. The zero-order valence-corrected chi connectivity index (χ0v) is 20.4. The number of carbonyl (C=O) groups excluding carboxylic acids is 1. The van der Waals surface area contributed by atoms with Crippen LogP contribution in [-0.2, 0) is 0 Å². The van der Waals surface area contributed by atoms with E-state index in [1.807, 2.05) is 12.4 Å². The van der Waals surface area contributed by atoms with Gasteiger partial charge in [-0.3, -0.25) is 14.9 Å². The van der Waals surface area contributed by atoms with Gasteiger partial charge in [-0.25, -0.2) is 4.79 Å². The first-order chi connectivity index (χ1) is 16.5. The number of urea groups is 1. The van der Waals surface area contributed by atoms with Crippen molar-refractivity contribution >= 4 is 17.8 Å². The van der Waals surface area contributed by atoms with Crippen molar-refractivity contribution in [3.63, 3.8) is 0 Å². The van der Waals surface area contributed by atoms with Crippen LogP contribution in [0.2, 0.25) is 0 Å². The highest BCUT2D eigenvalue weighted by molar-refractivity contribution is 5.80. The summed E-state index contributed by atoms with van der Waals surface area (Å²) >= 11 is 0. The average molecular weight is 457 g/mol. The van der Waals surface area contributed by atoms with E-state index in [0.717, 1.165) is 30.6 Å². The molecule has 6 rings (SSSR count). The monoisotopic (exact) mass is 456 g/mol. The van der Waals surface area contributed by atoms with E-state index in [9.17, 15) is 4.79 Å². The molecule has 5 heteroatoms. The molecular formula is C29H36N4O. The van der Waals surface area contributed by atoms with Gasteiger partial charge in [-0.05, 0) is 90.7 Å². The second-order valence-corrected chi connectivity index (χ2v) is 11.5. The van der Waals surface area contributed by atoms with Crippen molar-refractivity contribution in [2.45, 2.75) is 64.8 Å². The van der Waals surface area contributed by atoms with Crippen LogP contribution in [0.5, 0.6) is 0 Å². The molecule has 1 aliphatic heterocycles. The van der Waals surface area contributed by atoms with Crippen molar-refractivity contribution < 1.29 is 4.79 Å². The van der Waals surface area contributed by atoms with Gasteiger partial charge >= 0.3 is 6.03 Å². The normalized spacial score (nSPS) is 38.4. The summed E-state index contributed by atoms with van der Waals surface area (Å²) in [7, 11) is 0. The lowest BCUT2D eigenvalue weighted by atomic mass is 9.47. The molecule has 2 amide bonds. The fourth-order valence-corrected chi connectivity index (χ4v) is 8.11. The summed E-state index contributed by atoms with van der Waals surface area (Å²) in [5.74, 6) is 2.23. The summed E-state index contributed by atoms with van der Waals surface area (Å²) in [6, 6.07) is 4.54. The lowest BCUT2D eigenvalue weighted by molar-refractivity contribution is -0.0121. The fourth-order valence-electron chi connectivity index (χ4n) is 8.11. The molecule has 1 N–H and O–H groups in total. The summed E-state index contributed by atoms with van der Waals surface area (Å²) in [4.78, 5) is 22.9. The van der Waals surface area contributed by atoms with Crippen LogP contribution >= 0.6 is 0 Å². The molecule has 5 aliphatic rings. The highest BCUT2D eigenvalue weighted by Gasteiger charge is 2.56. The Bertz CT molecular complexity index is 1090. The first-order valence-electron chi connectivity index (χ1n) is 13.0. The largest absolute Gasteiger partial charge is 0.335 e. The van der Waals surface area contributed by atoms with Crippen molar-refractivity contribution in [3.05, 3.63) is 60.2 Å². The van der Waals surface area contributed by atoms with Gasteiger partial charge in [-0.2, -0.15) is 0 Å². The Morgan fingerprint density at radius 3 is 2.79 bits per heavy atom. The van der Waals surface area contributed by atoms with Crippen molar-refractivity contribution in [1.82, 2.24) is 15.2 Å². The van der Waals surface area contributed by atoms with Crippen LogP contribution in [0, 0.1) is 28.6 Å². The molecule has 1 aromatic heterocycles. The Morgan fingerprint density at radius 2 is 2.00 bits per heavy atom. The maximum absolute atomic E-state index is 12.7. The summed E-state index contributed by atoms with van der Waals surface area (Å²) in [5, 5.41) is 3.30. The van der Waals surface area contributed by atoms with E-state index in [1.54, 1.807) is 29.1 Å². The number of fused-ring (bicyclic) bond motifs is 5. The smallest absolute Gasteiger partial charge is 0.322 e. The number of nitrogens with zero attached hydrogens (tertiary/aromatic N) is 3. The predicted octanol–water partition coefficient (Wildman–Crippen LogP) is 5.97. The van der Waals surface area contributed by atoms with Gasteiger partial charge in [-0.15, -0.1) is 0 Å². The summed E-state index contributed by atoms with van der Waals surface area (Å²) in [6.07, 6.45) is 22.4. The van der Waals surface area contributed by atoms with Gasteiger partial charge in [0.05, 0.1) is 6.54 Å². The van der Waals surface area contributed by atoms with E-state index in [2.05, 4.69) is 53.4 Å². The van der Waals surface area contributed by atoms with E-state index in [4.69, 9.17) is 0 Å². The zero-order valence-electron chi connectivity index (χ0n) is 20.4. The number of allylic oxidation sites excluding steroid dienone is 3. The number of hydrogen-bond acceptors (Lipinski definition) is 3. The van der Waals surface area contributed by atoms with Crippen LogP contribution in [0.1, 0.15) is 64.4 Å². The van der Waals surface area contributed by atoms with Gasteiger partial charge in [0.25, 0.3) is 0 Å². The number of amides is 2. The molecular weight excluding hydrogens is 420 g/mol. The average Bonchev–Trinajstić information content (AvgIpc) is 3.22. The number of carbonyl (C=O) groups is 1. The van der Waals surface area contributed by atoms with Crippen LogP contribution in [0.25, 0.3) is 5.57 Å². The maximum atomic E-state index is 12.7. The fraction of sp³-hybridized carbons (Fsp3) is 0.552. The van der Waals surface area contributed by atoms with E-state index >= 15 is 0 Å². The SMILES string of the molecule is C[C@]12CC[C@H](NC(=O)N3C=CN=CC3)CC1=CCC1C2CC[C@]2(C)C(c3cccnc3)=CCC12. The summed E-state index contributed by atoms with van der Waals surface area (Å²) < 4.78 is 0. The zero-order chi connectivity index (χ0) is 23.3. The molecule has 0 aromatic carbocycles. The van der Waals surface area contributed by atoms with E-state index in [-0.39, 0.29) is 22.9 Å². The molecule has 1 aromatic rings. The Labute approximate surface area is 203 Å². The lowest BCUT2D eigenvalue weighted by Crippen LogP contribution is -2.52. The number of aliphatic imine (C=N–C) groups is 1. The van der Waals surface area contributed by atoms with E-state index < -0.39 is 0 Å². The molecule has 2 saturated carbocycles. The van der Waals surface area contributed by atoms with Crippen molar-refractivity contribution in [2.75, 3.05) is 6.54 Å². The van der Waals surface area contributed by atoms with Crippen molar-refractivity contribution in [2.24, 2.45) is 33.6 Å². The Morgan fingerprint density at radius 1 is 1.12 bits per heavy atom. The first-order valence-corrected chi connectivity index (χ1v) is 13.0. The van der Waals surface area contributed by atoms with Crippen LogP contribution in [0.3, 0.4) is 0 Å². The molecule has 3 unspecified atom stereocenters. The van der Waals surface area contributed by atoms with Gasteiger partial charge in [0.15, 0.2) is 0 Å². The number of rotatable bonds is 2. The van der Waals surface area contributed by atoms with Gasteiger partial charge in [-0.1, -0.05) is 37.6 Å². The van der Waals surface area contributed by atoms with Gasteiger partial charge in [0.2, 0.25) is 0 Å². The molecule has 0 bridgehead atoms. The van der Waals surface area contributed by atoms with Crippen LogP contribution in [0.4, 0.5) is 4.79 Å². The van der Waals surface area contributed by atoms with E-state index in [0.29, 0.717) is 6.54 Å². The molecule has 5 nitrogen and oxygen atoms in total. The van der Waals surface area contributed by atoms with Crippen LogP contribution < -0.4 is 5.32 Å². The maximum Gasteiger partial charge on any atom is 0.322 e. The summed E-state index contributed by atoms with van der Waals surface area (Å²) in [5.41, 5.74) is 4.99. The number of pyridine rings is 1. The molecule has 178 valence electrons. The second-order valence-electron chi connectivity index (χ2n) is 11.5. The molecule has 0 radical (unpaired) electrons. The van der Waals surface area contributed by atoms with Crippen LogP contribution in [0.15, 0.2) is 59.6 Å². The first kappa shape index (κ1) is 21.8. The van der Waals surface area contributed by atoms with Gasteiger partial charge < -0.3 is 5.32 Å². The number of nitrogens with one attached hydrogen (secondary N) is 1. The standard InChI is InChI=1S/C29H36N4O/c1-28-11-9-22(32-27(34)33-16-14-30-15-17-33)18-21(28)5-6-23-25-8-7-24(20-4-3-13-31-19-20)29(25,2)12-10-26(23)28/h3-5,7,13-16,19,22-23,25-26H,6,8-12,17-18H2,1-2H3,(H,32,34)/t22-,23?,25?,26?,28-,29+/m0/s1. The van der Waals surface area contributed by atoms with Crippen LogP contribution in [-0.4, -0.2) is 34.7 Å². The highest BCUT2D eigenvalue weighted by Crippen LogP contribution is 2.66. The Hall–Kier alpha value is -2.69. The highest BCUT2D eigenvalue weighted by atomic mass is 16.2. The Kier molecular flexibility index (Phi) is 5.27. The number of hydrogen-bond donors (Lipinski definition) is 1. The quantitative estimate of drug-likeness (QED) is 0.557. The van der Waals surface area contributed by atoms with Gasteiger partial charge in [0, 0.05) is 37.1 Å². The van der Waals surface area contributed by atoms with Crippen molar-refractivity contribution in [1.29, 1.82) is 0 Å². The molecule has 4 aliphatic carbocycles. The third kappa shape index (κ3) is 3.38. The third-order valence-electron chi connectivity index (χ3n) is 9.96. The molecule has 34 heavy (non-hydrogen) atoms. The third-order valence-corrected chi connectivity index (χ3v) is 9.96. The second kappa shape index (κ2) is 8.21. The molecule has 0 saturated heterocycles. The minimum absolute atomic E-state index is 0.00122. The minimum atomic E-state index is -0.00122. The molecule has 0 spiro atoms. The molecule has 6 atom stereocenters.